The van der Waals surface area contributed by atoms with Gasteiger partial charge >= 0.3 is 0 Å². The van der Waals surface area contributed by atoms with Crippen LogP contribution in [0.15, 0.2) is 69.4 Å². The van der Waals surface area contributed by atoms with Crippen molar-refractivity contribution in [2.24, 2.45) is 0 Å². The first kappa shape index (κ1) is 18.2. The number of fused-ring (bicyclic) bond motifs is 1. The number of rotatable bonds is 6. The molecule has 0 saturated heterocycles. The predicted octanol–water partition coefficient (Wildman–Crippen LogP) is 4.68. The third-order valence-electron chi connectivity index (χ3n) is 4.60. The smallest absolute Gasteiger partial charge is 0.192 e. The van der Waals surface area contributed by atoms with Gasteiger partial charge in [0.1, 0.15) is 17.5 Å². The number of carbonyl (C=O) groups excluding carboxylic acids is 1. The number of ketones is 1. The molecule has 0 aliphatic heterocycles. The van der Waals surface area contributed by atoms with Crippen LogP contribution in [0.1, 0.15) is 27.7 Å². The minimum absolute atomic E-state index is 0.168. The number of Topliss-reactive ketones (excluding diaryl/α,β-unsaturated/α-hetero) is 1. The summed E-state index contributed by atoms with van der Waals surface area (Å²) in [6.07, 6.45) is 4.81. The normalized spacial score (nSPS) is 12.2. The van der Waals surface area contributed by atoms with E-state index < -0.39 is 6.04 Å². The Morgan fingerprint density at radius 3 is 2.77 bits per heavy atom. The Morgan fingerprint density at radius 2 is 2.00 bits per heavy atom. The van der Waals surface area contributed by atoms with E-state index in [4.69, 9.17) is 8.94 Å². The molecule has 0 radical (unpaired) electrons. The van der Waals surface area contributed by atoms with Crippen LogP contribution in [-0.2, 0) is 0 Å². The SMILES string of the molecule is Cc1cc(NC(C(=O)c2csnc2-c2ccco2)c2ccc3nccnc3c2)no1. The second-order valence-corrected chi connectivity index (χ2v) is 7.25. The van der Waals surface area contributed by atoms with Crippen molar-refractivity contribution in [3.05, 3.63) is 77.3 Å². The number of hydrogen-bond donors (Lipinski definition) is 1. The molecule has 9 heteroatoms. The molecule has 0 aliphatic carbocycles. The summed E-state index contributed by atoms with van der Waals surface area (Å²) in [5, 5.41) is 8.89. The van der Waals surface area contributed by atoms with Crippen LogP contribution in [-0.4, -0.2) is 25.3 Å². The quantitative estimate of drug-likeness (QED) is 0.397. The standard InChI is InChI=1S/C21H15N5O3S/c1-12-9-18(25-29-12)24-19(13-4-5-15-16(10-13)23-7-6-22-15)21(27)14-11-30-26-20(14)17-3-2-8-28-17/h2-11,19H,1H3,(H,24,25). The summed E-state index contributed by atoms with van der Waals surface area (Å²) in [5.74, 6) is 1.48. The van der Waals surface area contributed by atoms with E-state index in [9.17, 15) is 4.79 Å². The topological polar surface area (TPSA) is 107 Å². The Bertz CT molecular complexity index is 1330. The molecule has 0 fully saturated rings. The van der Waals surface area contributed by atoms with Crippen LogP contribution in [0, 0.1) is 6.92 Å². The van der Waals surface area contributed by atoms with Gasteiger partial charge in [-0.05, 0) is 48.3 Å². The third kappa shape index (κ3) is 3.35. The predicted molar refractivity (Wildman–Crippen MR) is 111 cm³/mol. The van der Waals surface area contributed by atoms with E-state index in [0.29, 0.717) is 34.1 Å². The molecule has 1 aromatic carbocycles. The lowest BCUT2D eigenvalue weighted by Crippen LogP contribution is -2.21. The van der Waals surface area contributed by atoms with Crippen molar-refractivity contribution in [3.8, 4) is 11.5 Å². The summed E-state index contributed by atoms with van der Waals surface area (Å²) in [5.41, 5.74) is 3.15. The lowest BCUT2D eigenvalue weighted by molar-refractivity contribution is 0.0970. The van der Waals surface area contributed by atoms with Crippen molar-refractivity contribution in [1.29, 1.82) is 0 Å². The molecular formula is C21H15N5O3S. The number of carbonyl (C=O) groups is 1. The van der Waals surface area contributed by atoms with E-state index in [1.54, 1.807) is 49.2 Å². The number of nitrogens with zero attached hydrogens (tertiary/aromatic N) is 4. The number of nitrogens with one attached hydrogen (secondary N) is 1. The van der Waals surface area contributed by atoms with Crippen LogP contribution in [0.2, 0.25) is 0 Å². The summed E-state index contributed by atoms with van der Waals surface area (Å²) in [6, 6.07) is 10.1. The van der Waals surface area contributed by atoms with Crippen LogP contribution >= 0.6 is 11.5 Å². The summed E-state index contributed by atoms with van der Waals surface area (Å²) in [7, 11) is 0. The van der Waals surface area contributed by atoms with Gasteiger partial charge in [0.05, 0.1) is 22.9 Å². The second kappa shape index (κ2) is 7.53. The maximum absolute atomic E-state index is 13.6. The van der Waals surface area contributed by atoms with Gasteiger partial charge in [0.25, 0.3) is 0 Å². The van der Waals surface area contributed by atoms with E-state index in [-0.39, 0.29) is 5.78 Å². The molecule has 0 bridgehead atoms. The second-order valence-electron chi connectivity index (χ2n) is 6.62. The molecule has 5 rings (SSSR count). The highest BCUT2D eigenvalue weighted by atomic mass is 32.1. The Kier molecular flexibility index (Phi) is 4.56. The molecule has 148 valence electrons. The van der Waals surface area contributed by atoms with Gasteiger partial charge in [-0.1, -0.05) is 11.2 Å². The molecule has 4 aromatic heterocycles. The van der Waals surface area contributed by atoms with Crippen molar-refractivity contribution < 1.29 is 13.7 Å². The zero-order chi connectivity index (χ0) is 20.5. The van der Waals surface area contributed by atoms with Crippen LogP contribution < -0.4 is 5.32 Å². The number of anilines is 1. The summed E-state index contributed by atoms with van der Waals surface area (Å²) in [6.45, 7) is 1.79. The zero-order valence-corrected chi connectivity index (χ0v) is 16.6. The van der Waals surface area contributed by atoms with Crippen LogP contribution in [0.3, 0.4) is 0 Å². The summed E-state index contributed by atoms with van der Waals surface area (Å²) < 4.78 is 15.0. The molecule has 1 unspecified atom stereocenters. The number of furan rings is 1. The van der Waals surface area contributed by atoms with Gasteiger partial charge in [-0.15, -0.1) is 0 Å². The number of aryl methyl sites for hydroxylation is 1. The number of aromatic nitrogens is 4. The van der Waals surface area contributed by atoms with Crippen molar-refractivity contribution in [1.82, 2.24) is 19.5 Å². The fraction of sp³-hybridized carbons (Fsp3) is 0.0952. The minimum atomic E-state index is -0.731. The fourth-order valence-corrected chi connectivity index (χ4v) is 3.88. The molecule has 5 aromatic rings. The Morgan fingerprint density at radius 1 is 1.13 bits per heavy atom. The molecular weight excluding hydrogens is 402 g/mol. The third-order valence-corrected chi connectivity index (χ3v) is 5.23. The van der Waals surface area contributed by atoms with E-state index in [0.717, 1.165) is 11.1 Å². The van der Waals surface area contributed by atoms with Crippen molar-refractivity contribution in [2.75, 3.05) is 5.32 Å². The van der Waals surface area contributed by atoms with Gasteiger partial charge < -0.3 is 14.3 Å². The van der Waals surface area contributed by atoms with Crippen molar-refractivity contribution in [3.63, 3.8) is 0 Å². The largest absolute Gasteiger partial charge is 0.463 e. The van der Waals surface area contributed by atoms with Gasteiger partial charge in [0, 0.05) is 23.8 Å². The molecule has 0 spiro atoms. The maximum Gasteiger partial charge on any atom is 0.192 e. The van der Waals surface area contributed by atoms with Gasteiger partial charge in [0.2, 0.25) is 0 Å². The van der Waals surface area contributed by atoms with Crippen LogP contribution in [0.4, 0.5) is 5.82 Å². The molecule has 1 N–H and O–H groups in total. The number of benzene rings is 1. The molecule has 4 heterocycles. The molecule has 0 saturated carbocycles. The molecule has 0 amide bonds. The van der Waals surface area contributed by atoms with Crippen molar-refractivity contribution >= 4 is 34.2 Å². The highest BCUT2D eigenvalue weighted by molar-refractivity contribution is 7.04. The first-order valence-electron chi connectivity index (χ1n) is 9.12. The fourth-order valence-electron chi connectivity index (χ4n) is 3.20. The van der Waals surface area contributed by atoms with Crippen molar-refractivity contribution in [2.45, 2.75) is 13.0 Å². The van der Waals surface area contributed by atoms with Gasteiger partial charge in [-0.2, -0.15) is 4.37 Å². The van der Waals surface area contributed by atoms with Gasteiger partial charge in [-0.25, -0.2) is 0 Å². The average Bonchev–Trinajstić information content (AvgIpc) is 3.52. The van der Waals surface area contributed by atoms with Gasteiger partial charge in [-0.3, -0.25) is 14.8 Å². The first-order chi connectivity index (χ1) is 14.7. The van der Waals surface area contributed by atoms with Crippen LogP contribution in [0.5, 0.6) is 0 Å². The summed E-state index contributed by atoms with van der Waals surface area (Å²) in [4.78, 5) is 22.3. The Balaban J connectivity index is 1.59. The average molecular weight is 417 g/mol. The monoisotopic (exact) mass is 417 g/mol. The first-order valence-corrected chi connectivity index (χ1v) is 9.96. The molecule has 8 nitrogen and oxygen atoms in total. The molecule has 30 heavy (non-hydrogen) atoms. The maximum atomic E-state index is 13.6. The van der Waals surface area contributed by atoms with Gasteiger partial charge in [0.15, 0.2) is 17.4 Å². The minimum Gasteiger partial charge on any atom is -0.463 e. The van der Waals surface area contributed by atoms with E-state index in [1.165, 1.54) is 11.5 Å². The Labute approximate surface area is 174 Å². The zero-order valence-electron chi connectivity index (χ0n) is 15.8. The summed E-state index contributed by atoms with van der Waals surface area (Å²) >= 11 is 1.20. The lowest BCUT2D eigenvalue weighted by atomic mass is 9.96. The van der Waals surface area contributed by atoms with E-state index >= 15 is 0 Å². The highest BCUT2D eigenvalue weighted by Crippen LogP contribution is 2.31. The Hall–Kier alpha value is -3.85. The highest BCUT2D eigenvalue weighted by Gasteiger charge is 2.28. The lowest BCUT2D eigenvalue weighted by Gasteiger charge is -2.17. The number of hydrogen-bond acceptors (Lipinski definition) is 9. The van der Waals surface area contributed by atoms with E-state index in [1.807, 2.05) is 18.2 Å². The molecule has 0 aliphatic rings. The van der Waals surface area contributed by atoms with E-state index in [2.05, 4.69) is 24.8 Å². The molecule has 1 atom stereocenters. The van der Waals surface area contributed by atoms with Crippen LogP contribution in [0.25, 0.3) is 22.5 Å².